The number of benzene rings is 1. The molecule has 1 saturated carbocycles. The number of hydrogen-bond acceptors (Lipinski definition) is 4. The molecule has 0 unspecified atom stereocenters. The predicted molar refractivity (Wildman–Crippen MR) is 63.9 cm³/mol. The summed E-state index contributed by atoms with van der Waals surface area (Å²) < 4.78 is 16.6. The van der Waals surface area contributed by atoms with Gasteiger partial charge in [-0.3, -0.25) is 0 Å². The van der Waals surface area contributed by atoms with Crippen molar-refractivity contribution in [2.24, 2.45) is 11.7 Å². The average Bonchev–Trinajstić information content (AvgIpc) is 3.17. The van der Waals surface area contributed by atoms with Crippen molar-refractivity contribution in [3.8, 4) is 17.2 Å². The van der Waals surface area contributed by atoms with Crippen molar-refractivity contribution >= 4 is 0 Å². The van der Waals surface area contributed by atoms with Crippen LogP contribution in [0.2, 0.25) is 0 Å². The first kappa shape index (κ1) is 10.7. The average molecular weight is 235 g/mol. The van der Waals surface area contributed by atoms with Gasteiger partial charge < -0.3 is 19.9 Å². The van der Waals surface area contributed by atoms with Crippen LogP contribution in [0.3, 0.4) is 0 Å². The second kappa shape index (κ2) is 4.11. The maximum Gasteiger partial charge on any atom is 0.203 e. The molecule has 0 bridgehead atoms. The molecule has 0 saturated heterocycles. The van der Waals surface area contributed by atoms with E-state index in [4.69, 9.17) is 19.9 Å². The molecule has 2 atom stereocenters. The molecule has 2 aliphatic rings. The van der Waals surface area contributed by atoms with Crippen molar-refractivity contribution in [2.75, 3.05) is 26.9 Å². The molecule has 17 heavy (non-hydrogen) atoms. The molecule has 4 nitrogen and oxygen atoms in total. The summed E-state index contributed by atoms with van der Waals surface area (Å²) in [7, 11) is 1.66. The summed E-state index contributed by atoms with van der Waals surface area (Å²) >= 11 is 0. The highest BCUT2D eigenvalue weighted by atomic mass is 16.6. The van der Waals surface area contributed by atoms with E-state index in [2.05, 4.69) is 6.07 Å². The molecule has 1 fully saturated rings. The quantitative estimate of drug-likeness (QED) is 0.863. The van der Waals surface area contributed by atoms with Gasteiger partial charge in [-0.25, -0.2) is 0 Å². The van der Waals surface area contributed by atoms with E-state index >= 15 is 0 Å². The van der Waals surface area contributed by atoms with E-state index in [1.165, 1.54) is 12.0 Å². The van der Waals surface area contributed by atoms with Gasteiger partial charge in [0.05, 0.1) is 7.11 Å². The summed E-state index contributed by atoms with van der Waals surface area (Å²) in [5.41, 5.74) is 6.93. The van der Waals surface area contributed by atoms with Crippen LogP contribution in [0.5, 0.6) is 17.2 Å². The van der Waals surface area contributed by atoms with Gasteiger partial charge in [0.2, 0.25) is 5.75 Å². The van der Waals surface area contributed by atoms with Crippen LogP contribution >= 0.6 is 0 Å². The molecule has 4 heteroatoms. The Labute approximate surface area is 101 Å². The Morgan fingerprint density at radius 3 is 2.88 bits per heavy atom. The SMILES string of the molecule is COc1cc([C@@H]2C[C@H]2CN)cc2c1OCCO2. The molecule has 1 aromatic carbocycles. The van der Waals surface area contributed by atoms with Gasteiger partial charge in [0.25, 0.3) is 0 Å². The minimum Gasteiger partial charge on any atom is -0.493 e. The molecule has 0 radical (unpaired) electrons. The summed E-state index contributed by atoms with van der Waals surface area (Å²) in [4.78, 5) is 0. The fourth-order valence-electron chi connectivity index (χ4n) is 2.42. The van der Waals surface area contributed by atoms with Crippen LogP contribution in [0, 0.1) is 5.92 Å². The smallest absolute Gasteiger partial charge is 0.203 e. The molecule has 2 N–H and O–H groups in total. The van der Waals surface area contributed by atoms with E-state index in [0.29, 0.717) is 25.0 Å². The lowest BCUT2D eigenvalue weighted by Crippen LogP contribution is -2.16. The molecule has 1 aromatic rings. The zero-order valence-electron chi connectivity index (χ0n) is 9.94. The molecule has 1 aliphatic carbocycles. The van der Waals surface area contributed by atoms with Gasteiger partial charge >= 0.3 is 0 Å². The Morgan fingerprint density at radius 1 is 1.35 bits per heavy atom. The lowest BCUT2D eigenvalue weighted by atomic mass is 10.1. The number of ether oxygens (including phenoxy) is 3. The van der Waals surface area contributed by atoms with E-state index in [1.807, 2.05) is 6.07 Å². The minimum atomic E-state index is 0.560. The third-order valence-corrected chi connectivity index (χ3v) is 3.50. The summed E-state index contributed by atoms with van der Waals surface area (Å²) in [6.07, 6.45) is 1.17. The highest BCUT2D eigenvalue weighted by Gasteiger charge is 2.38. The van der Waals surface area contributed by atoms with Crippen LogP contribution in [0.1, 0.15) is 17.9 Å². The first-order valence-electron chi connectivity index (χ1n) is 6.01. The van der Waals surface area contributed by atoms with E-state index in [-0.39, 0.29) is 0 Å². The molecule has 1 heterocycles. The highest BCUT2D eigenvalue weighted by Crippen LogP contribution is 2.51. The first-order valence-corrected chi connectivity index (χ1v) is 6.01. The van der Waals surface area contributed by atoms with Crippen molar-refractivity contribution in [3.63, 3.8) is 0 Å². The maximum absolute atomic E-state index is 5.68. The molecular formula is C13H17NO3. The largest absolute Gasteiger partial charge is 0.493 e. The van der Waals surface area contributed by atoms with Gasteiger partial charge in [-0.15, -0.1) is 0 Å². The topological polar surface area (TPSA) is 53.7 Å². The third-order valence-electron chi connectivity index (χ3n) is 3.50. The van der Waals surface area contributed by atoms with E-state index < -0.39 is 0 Å². The van der Waals surface area contributed by atoms with E-state index in [9.17, 15) is 0 Å². The zero-order chi connectivity index (χ0) is 11.8. The van der Waals surface area contributed by atoms with Crippen molar-refractivity contribution in [1.82, 2.24) is 0 Å². The van der Waals surface area contributed by atoms with Gasteiger partial charge in [-0.1, -0.05) is 0 Å². The zero-order valence-corrected chi connectivity index (χ0v) is 9.94. The fourth-order valence-corrected chi connectivity index (χ4v) is 2.42. The van der Waals surface area contributed by atoms with Crippen LogP contribution in [-0.4, -0.2) is 26.9 Å². The molecule has 0 spiro atoms. The van der Waals surface area contributed by atoms with Crippen LogP contribution in [-0.2, 0) is 0 Å². The minimum absolute atomic E-state index is 0.560. The highest BCUT2D eigenvalue weighted by molar-refractivity contribution is 5.55. The van der Waals surface area contributed by atoms with Crippen LogP contribution < -0.4 is 19.9 Å². The van der Waals surface area contributed by atoms with Crippen molar-refractivity contribution < 1.29 is 14.2 Å². The lowest BCUT2D eigenvalue weighted by Gasteiger charge is -2.21. The van der Waals surface area contributed by atoms with Gasteiger partial charge in [-0.05, 0) is 42.5 Å². The summed E-state index contributed by atoms with van der Waals surface area (Å²) in [6.45, 7) is 1.93. The van der Waals surface area contributed by atoms with Crippen LogP contribution in [0.25, 0.3) is 0 Å². The molecule has 92 valence electrons. The van der Waals surface area contributed by atoms with Crippen molar-refractivity contribution in [3.05, 3.63) is 17.7 Å². The standard InChI is InChI=1S/C13H17NO3/c1-15-11-5-8(10-4-9(10)7-14)6-12-13(11)17-3-2-16-12/h5-6,9-10H,2-4,7,14H2,1H3/t9-,10-/m0/s1. The fraction of sp³-hybridized carbons (Fsp3) is 0.538. The first-order chi connectivity index (χ1) is 8.33. The Balaban J connectivity index is 1.95. The van der Waals surface area contributed by atoms with Crippen LogP contribution in [0.15, 0.2) is 12.1 Å². The number of methoxy groups -OCH3 is 1. The molecule has 3 rings (SSSR count). The van der Waals surface area contributed by atoms with Crippen molar-refractivity contribution in [1.29, 1.82) is 0 Å². The number of hydrogen-bond donors (Lipinski definition) is 1. The molecular weight excluding hydrogens is 218 g/mol. The Hall–Kier alpha value is -1.42. The van der Waals surface area contributed by atoms with Gasteiger partial charge in [0.1, 0.15) is 13.2 Å². The summed E-state index contributed by atoms with van der Waals surface area (Å²) in [5.74, 6) is 3.47. The second-order valence-corrected chi connectivity index (χ2v) is 4.59. The Morgan fingerprint density at radius 2 is 2.18 bits per heavy atom. The second-order valence-electron chi connectivity index (χ2n) is 4.59. The van der Waals surface area contributed by atoms with Crippen molar-refractivity contribution in [2.45, 2.75) is 12.3 Å². The monoisotopic (exact) mass is 235 g/mol. The molecule has 0 amide bonds. The van der Waals surface area contributed by atoms with Gasteiger partial charge in [-0.2, -0.15) is 0 Å². The van der Waals surface area contributed by atoms with E-state index in [0.717, 1.165) is 23.8 Å². The number of fused-ring (bicyclic) bond motifs is 1. The summed E-state index contributed by atoms with van der Waals surface area (Å²) in [6, 6.07) is 4.12. The number of rotatable bonds is 3. The van der Waals surface area contributed by atoms with Gasteiger partial charge in [0, 0.05) is 0 Å². The number of nitrogens with two attached hydrogens (primary N) is 1. The lowest BCUT2D eigenvalue weighted by molar-refractivity contribution is 0.165. The predicted octanol–water partition coefficient (Wildman–Crippen LogP) is 1.53. The van der Waals surface area contributed by atoms with Gasteiger partial charge in [0.15, 0.2) is 11.5 Å². The van der Waals surface area contributed by atoms with Crippen LogP contribution in [0.4, 0.5) is 0 Å². The normalized spacial score (nSPS) is 25.5. The Kier molecular flexibility index (Phi) is 2.59. The molecule has 1 aliphatic heterocycles. The third kappa shape index (κ3) is 1.82. The summed E-state index contributed by atoms with van der Waals surface area (Å²) in [5, 5.41) is 0. The Bertz CT molecular complexity index is 416. The molecule has 0 aromatic heterocycles. The van der Waals surface area contributed by atoms with E-state index in [1.54, 1.807) is 7.11 Å². The maximum atomic E-state index is 5.68.